The van der Waals surface area contributed by atoms with Crippen LogP contribution in [0.4, 0.5) is 0 Å². The molecule has 1 saturated heterocycles. The zero-order valence-electron chi connectivity index (χ0n) is 12.3. The van der Waals surface area contributed by atoms with Gasteiger partial charge in [-0.2, -0.15) is 0 Å². The van der Waals surface area contributed by atoms with E-state index in [9.17, 15) is 14.4 Å². The summed E-state index contributed by atoms with van der Waals surface area (Å²) in [7, 11) is 0. The van der Waals surface area contributed by atoms with Crippen molar-refractivity contribution < 1.29 is 19.5 Å². The summed E-state index contributed by atoms with van der Waals surface area (Å²) in [4.78, 5) is 38.2. The Morgan fingerprint density at radius 1 is 0.950 bits per heavy atom. The number of rotatable bonds is 3. The van der Waals surface area contributed by atoms with Gasteiger partial charge in [0.05, 0.1) is 0 Å². The fourth-order valence-corrected chi connectivity index (χ4v) is 2.15. The summed E-state index contributed by atoms with van der Waals surface area (Å²) in [6, 6.07) is 0. The minimum atomic E-state index is -1.08. The number of hydrogen-bond donors (Lipinski definition) is 1. The molecule has 0 aromatic rings. The van der Waals surface area contributed by atoms with Crippen molar-refractivity contribution in [3.05, 3.63) is 11.1 Å². The summed E-state index contributed by atoms with van der Waals surface area (Å²) >= 11 is 0. The van der Waals surface area contributed by atoms with Gasteiger partial charge in [-0.1, -0.05) is 6.92 Å². The average molecular weight is 282 g/mol. The van der Waals surface area contributed by atoms with E-state index in [2.05, 4.69) is 0 Å². The molecule has 0 radical (unpaired) electrons. The van der Waals surface area contributed by atoms with Crippen LogP contribution in [-0.4, -0.2) is 58.9 Å². The van der Waals surface area contributed by atoms with Crippen molar-refractivity contribution in [2.75, 3.05) is 26.2 Å². The third-order valence-corrected chi connectivity index (χ3v) is 3.64. The lowest BCUT2D eigenvalue weighted by atomic mass is 10.1. The van der Waals surface area contributed by atoms with Crippen molar-refractivity contribution in [2.24, 2.45) is 0 Å². The number of carboxylic acid groups (broad SMARTS) is 1. The second-order valence-corrected chi connectivity index (χ2v) is 4.94. The van der Waals surface area contributed by atoms with E-state index in [0.717, 1.165) is 6.42 Å². The second kappa shape index (κ2) is 7.07. The van der Waals surface area contributed by atoms with Gasteiger partial charge in [0.1, 0.15) is 0 Å². The molecule has 0 aliphatic carbocycles. The molecule has 0 aromatic heterocycles. The SMILES string of the molecule is CCC(=O)N1CCCN(C(=O)C(C)=C(C)C(=O)O)CC1. The van der Waals surface area contributed by atoms with Gasteiger partial charge in [-0.15, -0.1) is 0 Å². The van der Waals surface area contributed by atoms with Crippen LogP contribution in [0.15, 0.2) is 11.1 Å². The molecule has 0 atom stereocenters. The predicted molar refractivity (Wildman–Crippen MR) is 74.1 cm³/mol. The van der Waals surface area contributed by atoms with Gasteiger partial charge < -0.3 is 14.9 Å². The standard InChI is InChI=1S/C14H22N2O4/c1-4-12(17)15-6-5-7-16(9-8-15)13(18)10(2)11(3)14(19)20/h4-9H2,1-3H3,(H,19,20). The third kappa shape index (κ3) is 3.82. The summed E-state index contributed by atoms with van der Waals surface area (Å²) in [6.07, 6.45) is 1.18. The summed E-state index contributed by atoms with van der Waals surface area (Å²) in [5, 5.41) is 8.92. The molecule has 0 saturated carbocycles. The Morgan fingerprint density at radius 3 is 2.05 bits per heavy atom. The maximum Gasteiger partial charge on any atom is 0.331 e. The first-order chi connectivity index (χ1) is 9.38. The number of hydrogen-bond acceptors (Lipinski definition) is 3. The number of carbonyl (C=O) groups is 3. The first kappa shape index (κ1) is 16.2. The van der Waals surface area contributed by atoms with Gasteiger partial charge in [0, 0.05) is 43.7 Å². The van der Waals surface area contributed by atoms with Crippen LogP contribution in [0.3, 0.4) is 0 Å². The highest BCUT2D eigenvalue weighted by Crippen LogP contribution is 2.12. The fourth-order valence-electron chi connectivity index (χ4n) is 2.15. The third-order valence-electron chi connectivity index (χ3n) is 3.64. The van der Waals surface area contributed by atoms with E-state index in [-0.39, 0.29) is 23.0 Å². The molecular formula is C14H22N2O4. The second-order valence-electron chi connectivity index (χ2n) is 4.94. The first-order valence-corrected chi connectivity index (χ1v) is 6.86. The molecule has 20 heavy (non-hydrogen) atoms. The Bertz CT molecular complexity index is 442. The van der Waals surface area contributed by atoms with Crippen molar-refractivity contribution in [2.45, 2.75) is 33.6 Å². The highest BCUT2D eigenvalue weighted by molar-refractivity contribution is 6.01. The van der Waals surface area contributed by atoms with Gasteiger partial charge >= 0.3 is 5.97 Å². The van der Waals surface area contributed by atoms with Crippen LogP contribution in [0, 0.1) is 0 Å². The van der Waals surface area contributed by atoms with Crippen LogP contribution < -0.4 is 0 Å². The van der Waals surface area contributed by atoms with Crippen molar-refractivity contribution >= 4 is 17.8 Å². The van der Waals surface area contributed by atoms with E-state index < -0.39 is 5.97 Å². The lowest BCUT2D eigenvalue weighted by Crippen LogP contribution is -2.37. The van der Waals surface area contributed by atoms with Crippen LogP contribution in [0.2, 0.25) is 0 Å². The molecular weight excluding hydrogens is 260 g/mol. The minimum Gasteiger partial charge on any atom is -0.478 e. The van der Waals surface area contributed by atoms with E-state index in [1.54, 1.807) is 9.80 Å². The summed E-state index contributed by atoms with van der Waals surface area (Å²) in [5.74, 6) is -1.24. The molecule has 0 aromatic carbocycles. The van der Waals surface area contributed by atoms with Crippen molar-refractivity contribution in [1.82, 2.24) is 9.80 Å². The fraction of sp³-hybridized carbons (Fsp3) is 0.643. The topological polar surface area (TPSA) is 77.9 Å². The number of carboxylic acids is 1. The Hall–Kier alpha value is -1.85. The largest absolute Gasteiger partial charge is 0.478 e. The Balaban J connectivity index is 2.75. The molecule has 1 aliphatic heterocycles. The van der Waals surface area contributed by atoms with Gasteiger partial charge in [-0.3, -0.25) is 9.59 Å². The van der Waals surface area contributed by atoms with Gasteiger partial charge in [0.15, 0.2) is 0 Å². The predicted octanol–water partition coefficient (Wildman–Crippen LogP) is 0.878. The van der Waals surface area contributed by atoms with Gasteiger partial charge in [0.25, 0.3) is 0 Å². The number of aliphatic carboxylic acids is 1. The molecule has 112 valence electrons. The van der Waals surface area contributed by atoms with Crippen LogP contribution in [-0.2, 0) is 14.4 Å². The number of amides is 2. The van der Waals surface area contributed by atoms with Crippen LogP contribution in [0.25, 0.3) is 0 Å². The van der Waals surface area contributed by atoms with Crippen molar-refractivity contribution in [3.63, 3.8) is 0 Å². The van der Waals surface area contributed by atoms with Gasteiger partial charge in [-0.25, -0.2) is 4.79 Å². The van der Waals surface area contributed by atoms with Gasteiger partial charge in [0.2, 0.25) is 11.8 Å². The zero-order valence-corrected chi connectivity index (χ0v) is 12.3. The average Bonchev–Trinajstić information content (AvgIpc) is 2.69. The Labute approximate surface area is 119 Å². The quantitative estimate of drug-likeness (QED) is 0.779. The zero-order chi connectivity index (χ0) is 15.3. The van der Waals surface area contributed by atoms with E-state index in [1.165, 1.54) is 13.8 Å². The molecule has 0 spiro atoms. The number of nitrogens with zero attached hydrogens (tertiary/aromatic N) is 2. The van der Waals surface area contributed by atoms with E-state index in [1.807, 2.05) is 6.92 Å². The summed E-state index contributed by atoms with van der Waals surface area (Å²) < 4.78 is 0. The maximum atomic E-state index is 12.2. The smallest absolute Gasteiger partial charge is 0.331 e. The first-order valence-electron chi connectivity index (χ1n) is 6.86. The Morgan fingerprint density at radius 2 is 1.50 bits per heavy atom. The van der Waals surface area contributed by atoms with E-state index >= 15 is 0 Å². The highest BCUT2D eigenvalue weighted by Gasteiger charge is 2.23. The van der Waals surface area contributed by atoms with Crippen molar-refractivity contribution in [3.8, 4) is 0 Å². The normalized spacial score (nSPS) is 17.4. The maximum absolute atomic E-state index is 12.2. The summed E-state index contributed by atoms with van der Waals surface area (Å²) in [5.41, 5.74) is 0.327. The van der Waals surface area contributed by atoms with Crippen LogP contribution >= 0.6 is 0 Å². The molecule has 6 heteroatoms. The summed E-state index contributed by atoms with van der Waals surface area (Å²) in [6.45, 7) is 6.95. The molecule has 6 nitrogen and oxygen atoms in total. The molecule has 1 rings (SSSR count). The molecule has 0 unspecified atom stereocenters. The number of carbonyl (C=O) groups excluding carboxylic acids is 2. The molecule has 1 aliphatic rings. The minimum absolute atomic E-state index is 0.0701. The molecule has 1 N–H and O–H groups in total. The Kier molecular flexibility index (Phi) is 5.73. The molecule has 1 heterocycles. The van der Waals surface area contributed by atoms with E-state index in [0.29, 0.717) is 32.6 Å². The van der Waals surface area contributed by atoms with Gasteiger partial charge in [-0.05, 0) is 20.3 Å². The van der Waals surface area contributed by atoms with E-state index in [4.69, 9.17) is 5.11 Å². The molecule has 2 amide bonds. The van der Waals surface area contributed by atoms with Crippen molar-refractivity contribution in [1.29, 1.82) is 0 Å². The molecule has 0 bridgehead atoms. The highest BCUT2D eigenvalue weighted by atomic mass is 16.4. The molecule has 1 fully saturated rings. The van der Waals surface area contributed by atoms with Crippen LogP contribution in [0.1, 0.15) is 33.6 Å². The lowest BCUT2D eigenvalue weighted by molar-refractivity contribution is -0.133. The lowest BCUT2D eigenvalue weighted by Gasteiger charge is -2.22. The monoisotopic (exact) mass is 282 g/mol. The van der Waals surface area contributed by atoms with Crippen LogP contribution in [0.5, 0.6) is 0 Å².